The van der Waals surface area contributed by atoms with Crippen LogP contribution in [0.4, 0.5) is 0 Å². The molecule has 0 aromatic heterocycles. The van der Waals surface area contributed by atoms with Gasteiger partial charge in [0.1, 0.15) is 0 Å². The fraction of sp³-hybridized carbons (Fsp3) is 0.929. The summed E-state index contributed by atoms with van der Waals surface area (Å²) in [7, 11) is 0. The number of likely N-dealkylation sites (tertiary alicyclic amines) is 1. The van der Waals surface area contributed by atoms with Crippen molar-refractivity contribution in [2.75, 3.05) is 19.6 Å². The van der Waals surface area contributed by atoms with Crippen molar-refractivity contribution in [3.05, 3.63) is 0 Å². The number of nitrogens with two attached hydrogens (primary N) is 1. The van der Waals surface area contributed by atoms with Gasteiger partial charge in [0.15, 0.2) is 0 Å². The fourth-order valence-electron chi connectivity index (χ4n) is 3.19. The summed E-state index contributed by atoms with van der Waals surface area (Å²) in [6.07, 6.45) is 9.57. The van der Waals surface area contributed by atoms with Crippen LogP contribution >= 0.6 is 0 Å². The first-order chi connectivity index (χ1) is 8.29. The van der Waals surface area contributed by atoms with Crippen LogP contribution in [0.15, 0.2) is 0 Å². The summed E-state index contributed by atoms with van der Waals surface area (Å²) in [4.78, 5) is 14.2. The van der Waals surface area contributed by atoms with Crippen LogP contribution in [0.1, 0.15) is 51.4 Å². The van der Waals surface area contributed by atoms with Crippen LogP contribution in [-0.2, 0) is 4.79 Å². The van der Waals surface area contributed by atoms with E-state index in [0.29, 0.717) is 17.7 Å². The van der Waals surface area contributed by atoms with Crippen molar-refractivity contribution in [1.29, 1.82) is 0 Å². The Morgan fingerprint density at radius 2 is 1.65 bits per heavy atom. The SMILES string of the molecule is NCC1CCN(C(=O)CC2CCCCC2)CC1. The van der Waals surface area contributed by atoms with Gasteiger partial charge in [0.2, 0.25) is 5.91 Å². The summed E-state index contributed by atoms with van der Waals surface area (Å²) in [5, 5.41) is 0. The van der Waals surface area contributed by atoms with Crippen LogP contribution in [0, 0.1) is 11.8 Å². The van der Waals surface area contributed by atoms with Crippen LogP contribution in [-0.4, -0.2) is 30.4 Å². The molecule has 1 saturated heterocycles. The number of rotatable bonds is 3. The molecule has 1 saturated carbocycles. The molecule has 1 aliphatic heterocycles. The van der Waals surface area contributed by atoms with E-state index < -0.39 is 0 Å². The first-order valence-corrected chi connectivity index (χ1v) is 7.27. The lowest BCUT2D eigenvalue weighted by Gasteiger charge is -2.33. The second kappa shape index (κ2) is 6.39. The average Bonchev–Trinajstić information content (AvgIpc) is 2.40. The molecule has 1 heterocycles. The molecule has 98 valence electrons. The quantitative estimate of drug-likeness (QED) is 0.819. The van der Waals surface area contributed by atoms with E-state index in [1.165, 1.54) is 32.1 Å². The van der Waals surface area contributed by atoms with Crippen LogP contribution < -0.4 is 5.73 Å². The molecule has 2 rings (SSSR count). The molecule has 0 spiro atoms. The number of carbonyl (C=O) groups is 1. The number of hydrogen-bond acceptors (Lipinski definition) is 2. The van der Waals surface area contributed by atoms with E-state index in [1.54, 1.807) is 0 Å². The van der Waals surface area contributed by atoms with E-state index in [9.17, 15) is 4.79 Å². The Hall–Kier alpha value is -0.570. The van der Waals surface area contributed by atoms with Gasteiger partial charge in [0, 0.05) is 19.5 Å². The van der Waals surface area contributed by atoms with Gasteiger partial charge in [-0.1, -0.05) is 19.3 Å². The van der Waals surface area contributed by atoms with E-state index >= 15 is 0 Å². The van der Waals surface area contributed by atoms with Crippen molar-refractivity contribution in [3.8, 4) is 0 Å². The lowest BCUT2D eigenvalue weighted by molar-refractivity contribution is -0.133. The highest BCUT2D eigenvalue weighted by molar-refractivity contribution is 5.76. The zero-order chi connectivity index (χ0) is 12.1. The van der Waals surface area contributed by atoms with E-state index in [2.05, 4.69) is 4.90 Å². The topological polar surface area (TPSA) is 46.3 Å². The van der Waals surface area contributed by atoms with Crippen LogP contribution in [0.5, 0.6) is 0 Å². The molecular weight excluding hydrogens is 212 g/mol. The summed E-state index contributed by atoms with van der Waals surface area (Å²) in [6.45, 7) is 2.66. The second-order valence-electron chi connectivity index (χ2n) is 5.77. The fourth-order valence-corrected chi connectivity index (χ4v) is 3.19. The third-order valence-corrected chi connectivity index (χ3v) is 4.49. The molecule has 3 nitrogen and oxygen atoms in total. The average molecular weight is 238 g/mol. The first kappa shape index (κ1) is 12.9. The zero-order valence-electron chi connectivity index (χ0n) is 10.9. The molecule has 0 aromatic rings. The minimum atomic E-state index is 0.396. The van der Waals surface area contributed by atoms with Crippen molar-refractivity contribution in [2.45, 2.75) is 51.4 Å². The molecule has 1 aliphatic carbocycles. The molecule has 0 radical (unpaired) electrons. The maximum absolute atomic E-state index is 12.2. The normalized spacial score (nSPS) is 23.9. The number of amides is 1. The second-order valence-corrected chi connectivity index (χ2v) is 5.77. The highest BCUT2D eigenvalue weighted by atomic mass is 16.2. The molecule has 0 bridgehead atoms. The zero-order valence-corrected chi connectivity index (χ0v) is 10.9. The summed E-state index contributed by atoms with van der Waals surface area (Å²) in [5.41, 5.74) is 5.67. The monoisotopic (exact) mass is 238 g/mol. The first-order valence-electron chi connectivity index (χ1n) is 7.27. The summed E-state index contributed by atoms with van der Waals surface area (Å²) < 4.78 is 0. The predicted molar refractivity (Wildman–Crippen MR) is 69.6 cm³/mol. The molecule has 2 aliphatic rings. The third-order valence-electron chi connectivity index (χ3n) is 4.49. The maximum Gasteiger partial charge on any atom is 0.222 e. The highest BCUT2D eigenvalue weighted by Gasteiger charge is 2.24. The van der Waals surface area contributed by atoms with Gasteiger partial charge in [-0.05, 0) is 44.1 Å². The van der Waals surface area contributed by atoms with E-state index in [-0.39, 0.29) is 0 Å². The van der Waals surface area contributed by atoms with Crippen LogP contribution in [0.25, 0.3) is 0 Å². The number of hydrogen-bond donors (Lipinski definition) is 1. The molecule has 1 amide bonds. The minimum absolute atomic E-state index is 0.396. The van der Waals surface area contributed by atoms with E-state index in [4.69, 9.17) is 5.73 Å². The van der Waals surface area contributed by atoms with Gasteiger partial charge in [-0.25, -0.2) is 0 Å². The molecule has 3 heteroatoms. The third kappa shape index (κ3) is 3.70. The van der Waals surface area contributed by atoms with Crippen molar-refractivity contribution < 1.29 is 4.79 Å². The van der Waals surface area contributed by atoms with E-state index in [0.717, 1.165) is 38.9 Å². The van der Waals surface area contributed by atoms with Gasteiger partial charge < -0.3 is 10.6 Å². The highest BCUT2D eigenvalue weighted by Crippen LogP contribution is 2.27. The van der Waals surface area contributed by atoms with Crippen LogP contribution in [0.3, 0.4) is 0 Å². The van der Waals surface area contributed by atoms with Crippen LogP contribution in [0.2, 0.25) is 0 Å². The number of nitrogens with zero attached hydrogens (tertiary/aromatic N) is 1. The molecule has 2 N–H and O–H groups in total. The van der Waals surface area contributed by atoms with Gasteiger partial charge >= 0.3 is 0 Å². The molecule has 2 fully saturated rings. The summed E-state index contributed by atoms with van der Waals surface area (Å²) in [5.74, 6) is 1.71. The largest absolute Gasteiger partial charge is 0.343 e. The Morgan fingerprint density at radius 3 is 2.24 bits per heavy atom. The predicted octanol–water partition coefficient (Wildman–Crippen LogP) is 2.15. The minimum Gasteiger partial charge on any atom is -0.343 e. The van der Waals surface area contributed by atoms with Crippen molar-refractivity contribution in [1.82, 2.24) is 4.90 Å². The molecular formula is C14H26N2O. The smallest absolute Gasteiger partial charge is 0.222 e. The van der Waals surface area contributed by atoms with Gasteiger partial charge in [-0.3, -0.25) is 4.79 Å². The van der Waals surface area contributed by atoms with Gasteiger partial charge in [0.25, 0.3) is 0 Å². The molecule has 17 heavy (non-hydrogen) atoms. The van der Waals surface area contributed by atoms with E-state index in [1.807, 2.05) is 0 Å². The Morgan fingerprint density at radius 1 is 1.00 bits per heavy atom. The maximum atomic E-state index is 12.2. The van der Waals surface area contributed by atoms with Gasteiger partial charge in [-0.2, -0.15) is 0 Å². The Kier molecular flexibility index (Phi) is 4.84. The standard InChI is InChI=1S/C14H26N2O/c15-11-13-6-8-16(9-7-13)14(17)10-12-4-2-1-3-5-12/h12-13H,1-11,15H2. The summed E-state index contributed by atoms with van der Waals surface area (Å²) in [6, 6.07) is 0. The Balaban J connectivity index is 1.72. The molecule has 0 unspecified atom stereocenters. The Labute approximate surface area is 105 Å². The lowest BCUT2D eigenvalue weighted by atomic mass is 9.86. The van der Waals surface area contributed by atoms with Crippen molar-refractivity contribution in [2.24, 2.45) is 17.6 Å². The lowest BCUT2D eigenvalue weighted by Crippen LogP contribution is -2.40. The number of carbonyl (C=O) groups excluding carboxylic acids is 1. The molecule has 0 aromatic carbocycles. The Bertz CT molecular complexity index is 241. The number of piperidine rings is 1. The molecule has 0 atom stereocenters. The van der Waals surface area contributed by atoms with Crippen molar-refractivity contribution >= 4 is 5.91 Å². The van der Waals surface area contributed by atoms with Gasteiger partial charge in [-0.15, -0.1) is 0 Å². The van der Waals surface area contributed by atoms with Crippen molar-refractivity contribution in [3.63, 3.8) is 0 Å². The summed E-state index contributed by atoms with van der Waals surface area (Å²) >= 11 is 0. The van der Waals surface area contributed by atoms with Gasteiger partial charge in [0.05, 0.1) is 0 Å².